The van der Waals surface area contributed by atoms with Crippen molar-refractivity contribution in [3.05, 3.63) is 46.7 Å². The number of imidazole rings is 1. The van der Waals surface area contributed by atoms with E-state index in [0.717, 1.165) is 9.54 Å². The summed E-state index contributed by atoms with van der Waals surface area (Å²) in [6.45, 7) is 1.82. The van der Waals surface area contributed by atoms with Gasteiger partial charge < -0.3 is 14.5 Å². The highest BCUT2D eigenvalue weighted by atomic mass is 32.2. The van der Waals surface area contributed by atoms with Crippen molar-refractivity contribution >= 4 is 33.3 Å². The van der Waals surface area contributed by atoms with Gasteiger partial charge in [-0.25, -0.2) is 12.4 Å². The van der Waals surface area contributed by atoms with Crippen LogP contribution in [0.5, 0.6) is 11.5 Å². The number of hydrogen-bond acceptors (Lipinski definition) is 5. The van der Waals surface area contributed by atoms with Gasteiger partial charge in [-0.1, -0.05) is 6.07 Å². The molecule has 0 unspecified atom stereocenters. The molecule has 126 valence electrons. The summed E-state index contributed by atoms with van der Waals surface area (Å²) in [4.78, 5) is 2.97. The molecule has 0 amide bonds. The molecule has 0 radical (unpaired) electrons. The second-order valence-electron chi connectivity index (χ2n) is 5.24. The molecule has 6 nitrogen and oxygen atoms in total. The highest BCUT2D eigenvalue weighted by Crippen LogP contribution is 2.30. The largest absolute Gasteiger partial charge is 0.497 e. The summed E-state index contributed by atoms with van der Waals surface area (Å²) in [6, 6.07) is 10.0. The van der Waals surface area contributed by atoms with Crippen LogP contribution in [-0.4, -0.2) is 31.6 Å². The molecule has 0 aliphatic heterocycles. The van der Waals surface area contributed by atoms with E-state index in [9.17, 15) is 8.42 Å². The lowest BCUT2D eigenvalue weighted by Crippen LogP contribution is -2.14. The predicted molar refractivity (Wildman–Crippen MR) is 94.0 cm³/mol. The molecule has 3 aromatic rings. The lowest BCUT2D eigenvalue weighted by molar-refractivity contribution is 0.402. The molecule has 24 heavy (non-hydrogen) atoms. The fourth-order valence-electron chi connectivity index (χ4n) is 2.52. The average Bonchev–Trinajstić information content (AvgIpc) is 2.90. The molecule has 1 N–H and O–H groups in total. The van der Waals surface area contributed by atoms with Crippen molar-refractivity contribution in [2.75, 3.05) is 14.2 Å². The lowest BCUT2D eigenvalue weighted by atomic mass is 10.2. The monoisotopic (exact) mass is 364 g/mol. The molecule has 0 spiro atoms. The summed E-state index contributed by atoms with van der Waals surface area (Å²) in [7, 11) is -0.946. The Kier molecular flexibility index (Phi) is 4.10. The summed E-state index contributed by atoms with van der Waals surface area (Å²) in [5.74, 6) is 0.877. The SMILES string of the molecule is COc1ccc2c(c1)[nH]c(=S)n2S(=O)(=O)c1cc(C)ccc1OC. The maximum Gasteiger partial charge on any atom is 0.274 e. The van der Waals surface area contributed by atoms with E-state index >= 15 is 0 Å². The molecule has 0 bridgehead atoms. The summed E-state index contributed by atoms with van der Waals surface area (Å²) in [6.07, 6.45) is 0. The Hall–Kier alpha value is -2.32. The Morgan fingerprint density at radius 1 is 1.08 bits per heavy atom. The Labute approximate surface area is 144 Å². The number of ether oxygens (including phenoxy) is 2. The Balaban J connectivity index is 2.32. The van der Waals surface area contributed by atoms with Crippen molar-refractivity contribution in [3.63, 3.8) is 0 Å². The van der Waals surface area contributed by atoms with Crippen molar-refractivity contribution in [2.45, 2.75) is 11.8 Å². The van der Waals surface area contributed by atoms with Gasteiger partial charge in [-0.15, -0.1) is 0 Å². The van der Waals surface area contributed by atoms with Crippen LogP contribution in [0.1, 0.15) is 5.56 Å². The molecule has 0 saturated heterocycles. The first-order valence-corrected chi connectivity index (χ1v) is 8.92. The minimum atomic E-state index is -3.92. The summed E-state index contributed by atoms with van der Waals surface area (Å²) in [5.41, 5.74) is 1.83. The van der Waals surface area contributed by atoms with Crippen LogP contribution in [0.4, 0.5) is 0 Å². The molecule has 0 atom stereocenters. The zero-order chi connectivity index (χ0) is 17.5. The predicted octanol–water partition coefficient (Wildman–Crippen LogP) is 3.26. The molecular weight excluding hydrogens is 348 g/mol. The second-order valence-corrected chi connectivity index (χ2v) is 7.38. The van der Waals surface area contributed by atoms with Gasteiger partial charge in [0.2, 0.25) is 0 Å². The van der Waals surface area contributed by atoms with Crippen LogP contribution in [0.2, 0.25) is 0 Å². The lowest BCUT2D eigenvalue weighted by Gasteiger charge is -2.12. The van der Waals surface area contributed by atoms with Crippen LogP contribution in [0.25, 0.3) is 11.0 Å². The summed E-state index contributed by atoms with van der Waals surface area (Å²) >= 11 is 5.24. The van der Waals surface area contributed by atoms with Gasteiger partial charge in [0.1, 0.15) is 16.4 Å². The number of benzene rings is 2. The normalized spacial score (nSPS) is 11.6. The molecule has 0 saturated carbocycles. The van der Waals surface area contributed by atoms with Crippen LogP contribution in [0, 0.1) is 11.7 Å². The van der Waals surface area contributed by atoms with Gasteiger partial charge in [0.25, 0.3) is 10.0 Å². The Bertz CT molecular complexity index is 1080. The first-order valence-electron chi connectivity index (χ1n) is 7.07. The van der Waals surface area contributed by atoms with Crippen molar-refractivity contribution < 1.29 is 17.9 Å². The zero-order valence-electron chi connectivity index (χ0n) is 13.4. The zero-order valence-corrected chi connectivity index (χ0v) is 15.0. The minimum Gasteiger partial charge on any atom is -0.497 e. The summed E-state index contributed by atoms with van der Waals surface area (Å²) < 4.78 is 37.9. The van der Waals surface area contributed by atoms with E-state index < -0.39 is 10.0 Å². The van der Waals surface area contributed by atoms with E-state index in [1.165, 1.54) is 7.11 Å². The summed E-state index contributed by atoms with van der Waals surface area (Å²) in [5, 5.41) is 0. The maximum atomic E-state index is 13.2. The van der Waals surface area contributed by atoms with Crippen molar-refractivity contribution in [1.29, 1.82) is 0 Å². The topological polar surface area (TPSA) is 73.3 Å². The van der Waals surface area contributed by atoms with Crippen molar-refractivity contribution in [1.82, 2.24) is 8.96 Å². The highest BCUT2D eigenvalue weighted by Gasteiger charge is 2.25. The van der Waals surface area contributed by atoms with Crippen LogP contribution in [0.15, 0.2) is 41.3 Å². The number of H-pyrrole nitrogens is 1. The van der Waals surface area contributed by atoms with Gasteiger partial charge in [0, 0.05) is 6.07 Å². The molecule has 2 aromatic carbocycles. The smallest absolute Gasteiger partial charge is 0.274 e. The van der Waals surface area contributed by atoms with Crippen LogP contribution >= 0.6 is 12.2 Å². The van der Waals surface area contributed by atoms with Crippen molar-refractivity contribution in [2.24, 2.45) is 0 Å². The van der Waals surface area contributed by atoms with Gasteiger partial charge in [-0.3, -0.25) is 0 Å². The quantitative estimate of drug-likeness (QED) is 0.720. The molecule has 1 aromatic heterocycles. The highest BCUT2D eigenvalue weighted by molar-refractivity contribution is 7.90. The molecule has 0 aliphatic carbocycles. The van der Waals surface area contributed by atoms with Crippen LogP contribution in [-0.2, 0) is 10.0 Å². The molecule has 0 aliphatic rings. The van der Waals surface area contributed by atoms with Crippen molar-refractivity contribution in [3.8, 4) is 11.5 Å². The molecule has 8 heteroatoms. The van der Waals surface area contributed by atoms with Crippen LogP contribution in [0.3, 0.4) is 0 Å². The number of methoxy groups -OCH3 is 2. The maximum absolute atomic E-state index is 13.2. The third kappa shape index (κ3) is 2.57. The molecular formula is C16H16N2O4S2. The number of fused-ring (bicyclic) bond motifs is 1. The number of hydrogen-bond donors (Lipinski definition) is 1. The van der Waals surface area contributed by atoms with E-state index in [4.69, 9.17) is 21.7 Å². The molecule has 0 fully saturated rings. The fraction of sp³-hybridized carbons (Fsp3) is 0.188. The number of nitrogens with zero attached hydrogens (tertiary/aromatic N) is 1. The molecule has 1 heterocycles. The van der Waals surface area contributed by atoms with E-state index in [2.05, 4.69) is 4.98 Å². The number of nitrogens with one attached hydrogen (secondary N) is 1. The second kappa shape index (κ2) is 5.95. The third-order valence-corrected chi connectivity index (χ3v) is 5.82. The van der Waals surface area contributed by atoms with E-state index in [1.807, 2.05) is 6.92 Å². The van der Waals surface area contributed by atoms with Gasteiger partial charge in [0.05, 0.1) is 25.3 Å². The standard InChI is InChI=1S/C16H16N2O4S2/c1-10-4-7-14(22-3)15(8-10)24(19,20)18-13-6-5-11(21-2)9-12(13)17-16(18)23/h4-9H,1-3H3,(H,17,23). The Morgan fingerprint density at radius 2 is 1.83 bits per heavy atom. The fourth-order valence-corrected chi connectivity index (χ4v) is 4.64. The average molecular weight is 364 g/mol. The third-order valence-electron chi connectivity index (χ3n) is 3.69. The Morgan fingerprint density at radius 3 is 2.50 bits per heavy atom. The van der Waals surface area contributed by atoms with Crippen LogP contribution < -0.4 is 9.47 Å². The van der Waals surface area contributed by atoms with Gasteiger partial charge in [-0.2, -0.15) is 0 Å². The first kappa shape index (κ1) is 16.5. The number of aromatic amines is 1. The van der Waals surface area contributed by atoms with E-state index in [-0.39, 0.29) is 15.4 Å². The molecule has 3 rings (SSSR count). The minimum absolute atomic E-state index is 0.0674. The number of aryl methyl sites for hydroxylation is 1. The number of rotatable bonds is 4. The van der Waals surface area contributed by atoms with Gasteiger partial charge in [0.15, 0.2) is 4.77 Å². The van der Waals surface area contributed by atoms with Gasteiger partial charge >= 0.3 is 0 Å². The van der Waals surface area contributed by atoms with Gasteiger partial charge in [-0.05, 0) is 49.0 Å². The first-order chi connectivity index (χ1) is 11.4. The van der Waals surface area contributed by atoms with E-state index in [1.54, 1.807) is 43.5 Å². The van der Waals surface area contributed by atoms with E-state index in [0.29, 0.717) is 16.8 Å². The number of aromatic nitrogens is 2.